The first-order chi connectivity index (χ1) is 7.29. The molecule has 0 amide bonds. The molecule has 0 aromatic carbocycles. The van der Waals surface area contributed by atoms with Crippen molar-refractivity contribution in [3.8, 4) is 0 Å². The number of rotatable bonds is 2. The minimum absolute atomic E-state index is 0.216. The lowest BCUT2D eigenvalue weighted by Gasteiger charge is -2.40. The summed E-state index contributed by atoms with van der Waals surface area (Å²) in [7, 11) is 0. The van der Waals surface area contributed by atoms with Gasteiger partial charge in [0.15, 0.2) is 0 Å². The minimum atomic E-state index is -0.750. The zero-order valence-electron chi connectivity index (χ0n) is 11.0. The van der Waals surface area contributed by atoms with Gasteiger partial charge in [0.25, 0.3) is 0 Å². The second kappa shape index (κ2) is 4.74. The Balaban J connectivity index is 2.77. The minimum Gasteiger partial charge on any atom is -0.459 e. The summed E-state index contributed by atoms with van der Waals surface area (Å²) in [4.78, 5) is 12.2. The third-order valence-electron chi connectivity index (χ3n) is 3.39. The van der Waals surface area contributed by atoms with E-state index in [-0.39, 0.29) is 11.9 Å². The number of carbonyl (C=O) groups excluding carboxylic acids is 1. The molecule has 16 heavy (non-hydrogen) atoms. The summed E-state index contributed by atoms with van der Waals surface area (Å²) in [5.41, 5.74) is 5.10. The van der Waals surface area contributed by atoms with E-state index in [2.05, 4.69) is 6.92 Å². The number of carbonyl (C=O) groups is 1. The van der Waals surface area contributed by atoms with E-state index in [0.717, 1.165) is 25.7 Å². The zero-order valence-corrected chi connectivity index (χ0v) is 11.0. The second-order valence-electron chi connectivity index (χ2n) is 5.89. The predicted octanol–water partition coefficient (Wildman–Crippen LogP) is 2.63. The number of ether oxygens (including phenoxy) is 1. The molecular formula is C13H25NO2. The van der Waals surface area contributed by atoms with Crippen molar-refractivity contribution in [2.24, 2.45) is 11.7 Å². The van der Waals surface area contributed by atoms with Crippen molar-refractivity contribution >= 4 is 5.97 Å². The van der Waals surface area contributed by atoms with Crippen molar-refractivity contribution in [3.63, 3.8) is 0 Å². The molecule has 1 aliphatic carbocycles. The van der Waals surface area contributed by atoms with Gasteiger partial charge in [0, 0.05) is 0 Å². The molecule has 1 rings (SSSR count). The lowest BCUT2D eigenvalue weighted by molar-refractivity contribution is -0.165. The van der Waals surface area contributed by atoms with E-state index in [4.69, 9.17) is 10.5 Å². The molecule has 94 valence electrons. The standard InChI is InChI=1S/C13H25NO2/c1-5-10-8-6-7-9-13(10,14)11(15)16-12(2,3)4/h10H,5-9,14H2,1-4H3/t10-,13-/m1/s1. The molecule has 0 unspecified atom stereocenters. The highest BCUT2D eigenvalue weighted by molar-refractivity contribution is 5.81. The van der Waals surface area contributed by atoms with E-state index in [1.165, 1.54) is 6.42 Å². The van der Waals surface area contributed by atoms with Crippen LogP contribution in [0.25, 0.3) is 0 Å². The summed E-state index contributed by atoms with van der Waals surface area (Å²) >= 11 is 0. The molecule has 0 radical (unpaired) electrons. The molecule has 0 saturated heterocycles. The molecule has 0 bridgehead atoms. The SMILES string of the molecule is CC[C@@H]1CCCC[C@]1(N)C(=O)OC(C)(C)C. The van der Waals surface area contributed by atoms with Gasteiger partial charge in [-0.1, -0.05) is 26.2 Å². The Hall–Kier alpha value is -0.570. The van der Waals surface area contributed by atoms with Gasteiger partial charge in [-0.25, -0.2) is 0 Å². The largest absolute Gasteiger partial charge is 0.459 e. The molecule has 1 aliphatic rings. The van der Waals surface area contributed by atoms with Crippen LogP contribution in [0.15, 0.2) is 0 Å². The van der Waals surface area contributed by atoms with Gasteiger partial charge in [-0.15, -0.1) is 0 Å². The van der Waals surface area contributed by atoms with Crippen LogP contribution in [0.1, 0.15) is 59.8 Å². The van der Waals surface area contributed by atoms with Crippen LogP contribution in [0, 0.1) is 5.92 Å². The maximum atomic E-state index is 12.2. The highest BCUT2D eigenvalue weighted by Crippen LogP contribution is 2.35. The van der Waals surface area contributed by atoms with Crippen molar-refractivity contribution in [1.29, 1.82) is 0 Å². The molecule has 0 spiro atoms. The molecule has 1 fully saturated rings. The Bertz CT molecular complexity index is 257. The lowest BCUT2D eigenvalue weighted by Crippen LogP contribution is -2.57. The lowest BCUT2D eigenvalue weighted by atomic mass is 9.72. The summed E-state index contributed by atoms with van der Waals surface area (Å²) in [6.45, 7) is 7.76. The van der Waals surface area contributed by atoms with Crippen LogP contribution in [-0.4, -0.2) is 17.1 Å². The number of nitrogens with two attached hydrogens (primary N) is 1. The predicted molar refractivity (Wildman–Crippen MR) is 65.0 cm³/mol. The topological polar surface area (TPSA) is 52.3 Å². The number of esters is 1. The van der Waals surface area contributed by atoms with E-state index in [0.29, 0.717) is 0 Å². The Morgan fingerprint density at radius 2 is 2.06 bits per heavy atom. The fraction of sp³-hybridized carbons (Fsp3) is 0.923. The molecular weight excluding hydrogens is 202 g/mol. The molecule has 1 saturated carbocycles. The molecule has 0 heterocycles. The molecule has 2 N–H and O–H groups in total. The first kappa shape index (κ1) is 13.5. The smallest absolute Gasteiger partial charge is 0.326 e. The quantitative estimate of drug-likeness (QED) is 0.738. The van der Waals surface area contributed by atoms with Gasteiger partial charge >= 0.3 is 5.97 Å². The molecule has 0 aromatic rings. The van der Waals surface area contributed by atoms with Gasteiger partial charge in [-0.05, 0) is 39.5 Å². The third kappa shape index (κ3) is 2.97. The van der Waals surface area contributed by atoms with Crippen molar-refractivity contribution in [2.75, 3.05) is 0 Å². The summed E-state index contributed by atoms with van der Waals surface area (Å²) in [6, 6.07) is 0. The number of hydrogen-bond donors (Lipinski definition) is 1. The Kier molecular flexibility index (Phi) is 4.00. The molecule has 3 nitrogen and oxygen atoms in total. The van der Waals surface area contributed by atoms with Crippen LogP contribution in [0.5, 0.6) is 0 Å². The van der Waals surface area contributed by atoms with Crippen molar-refractivity contribution in [2.45, 2.75) is 70.9 Å². The second-order valence-corrected chi connectivity index (χ2v) is 5.89. The fourth-order valence-corrected chi connectivity index (χ4v) is 2.48. The average molecular weight is 227 g/mol. The van der Waals surface area contributed by atoms with E-state index >= 15 is 0 Å². The number of hydrogen-bond acceptors (Lipinski definition) is 3. The van der Waals surface area contributed by atoms with E-state index in [1.54, 1.807) is 0 Å². The van der Waals surface area contributed by atoms with Crippen molar-refractivity contribution in [1.82, 2.24) is 0 Å². The highest BCUT2D eigenvalue weighted by Gasteiger charge is 2.45. The Labute approximate surface area is 98.7 Å². The van der Waals surface area contributed by atoms with Crippen molar-refractivity contribution in [3.05, 3.63) is 0 Å². The van der Waals surface area contributed by atoms with Gasteiger partial charge in [0.1, 0.15) is 11.1 Å². The Morgan fingerprint density at radius 3 is 2.56 bits per heavy atom. The molecule has 2 atom stereocenters. The maximum Gasteiger partial charge on any atom is 0.326 e. The average Bonchev–Trinajstić information content (AvgIpc) is 2.16. The van der Waals surface area contributed by atoms with Crippen LogP contribution in [0.2, 0.25) is 0 Å². The summed E-state index contributed by atoms with van der Waals surface area (Å²) in [6.07, 6.45) is 4.98. The van der Waals surface area contributed by atoms with Crippen LogP contribution < -0.4 is 5.73 Å². The van der Waals surface area contributed by atoms with E-state index < -0.39 is 11.1 Å². The monoisotopic (exact) mass is 227 g/mol. The summed E-state index contributed by atoms with van der Waals surface area (Å²) in [5, 5.41) is 0. The van der Waals surface area contributed by atoms with Gasteiger partial charge in [-0.2, -0.15) is 0 Å². The normalized spacial score (nSPS) is 31.2. The first-order valence-corrected chi connectivity index (χ1v) is 6.32. The zero-order chi connectivity index (χ0) is 12.4. The first-order valence-electron chi connectivity index (χ1n) is 6.32. The highest BCUT2D eigenvalue weighted by atomic mass is 16.6. The van der Waals surface area contributed by atoms with Gasteiger partial charge in [-0.3, -0.25) is 4.79 Å². The van der Waals surface area contributed by atoms with Crippen LogP contribution >= 0.6 is 0 Å². The maximum absolute atomic E-state index is 12.2. The molecule has 0 aliphatic heterocycles. The molecule has 0 aromatic heterocycles. The van der Waals surface area contributed by atoms with Gasteiger partial charge < -0.3 is 10.5 Å². The summed E-state index contributed by atoms with van der Waals surface area (Å²) < 4.78 is 5.45. The van der Waals surface area contributed by atoms with Crippen LogP contribution in [-0.2, 0) is 9.53 Å². The van der Waals surface area contributed by atoms with Crippen LogP contribution in [0.3, 0.4) is 0 Å². The fourth-order valence-electron chi connectivity index (χ4n) is 2.48. The Morgan fingerprint density at radius 1 is 1.44 bits per heavy atom. The summed E-state index contributed by atoms with van der Waals surface area (Å²) in [5.74, 6) is 0.0580. The van der Waals surface area contributed by atoms with E-state index in [9.17, 15) is 4.79 Å². The van der Waals surface area contributed by atoms with E-state index in [1.807, 2.05) is 20.8 Å². The molecule has 3 heteroatoms. The van der Waals surface area contributed by atoms with Gasteiger partial charge in [0.2, 0.25) is 0 Å². The third-order valence-corrected chi connectivity index (χ3v) is 3.39. The van der Waals surface area contributed by atoms with Gasteiger partial charge in [0.05, 0.1) is 0 Å². The van der Waals surface area contributed by atoms with Crippen LogP contribution in [0.4, 0.5) is 0 Å². The van der Waals surface area contributed by atoms with Crippen molar-refractivity contribution < 1.29 is 9.53 Å².